The van der Waals surface area contributed by atoms with E-state index in [-0.39, 0.29) is 5.97 Å². The maximum atomic E-state index is 12.0. The first kappa shape index (κ1) is 25.8. The lowest BCUT2D eigenvalue weighted by atomic mass is 9.77. The summed E-state index contributed by atoms with van der Waals surface area (Å²) in [6.45, 7) is 0.311. The second kappa shape index (κ2) is 12.6. The largest absolute Gasteiger partial charge is 0.458 e. The van der Waals surface area contributed by atoms with Crippen LogP contribution in [0.1, 0.15) is 49.1 Å². The average molecular weight is 527 g/mol. The first-order chi connectivity index (χ1) is 18.6. The van der Waals surface area contributed by atoms with Crippen molar-refractivity contribution in [1.82, 2.24) is 4.98 Å². The molecule has 1 aliphatic rings. The maximum absolute atomic E-state index is 12.0. The zero-order valence-electron chi connectivity index (χ0n) is 21.2. The van der Waals surface area contributed by atoms with Gasteiger partial charge in [-0.3, -0.25) is 0 Å². The van der Waals surface area contributed by atoms with E-state index >= 15 is 0 Å². The summed E-state index contributed by atoms with van der Waals surface area (Å²) in [5.74, 6) is 1.62. The van der Waals surface area contributed by atoms with Gasteiger partial charge in [-0.05, 0) is 73.3 Å². The van der Waals surface area contributed by atoms with Crippen LogP contribution in [-0.2, 0) is 16.1 Å². The molecule has 1 saturated carbocycles. The minimum absolute atomic E-state index is 0.276. The molecule has 5 nitrogen and oxygen atoms in total. The Hall–Kier alpha value is -3.83. The van der Waals surface area contributed by atoms with Gasteiger partial charge in [-0.15, -0.1) is 0 Å². The van der Waals surface area contributed by atoms with Crippen LogP contribution in [0, 0.1) is 5.92 Å². The van der Waals surface area contributed by atoms with Crippen molar-refractivity contribution in [2.24, 2.45) is 5.92 Å². The smallest absolute Gasteiger partial charge is 0.330 e. The first-order valence-electron chi connectivity index (χ1n) is 13.1. The summed E-state index contributed by atoms with van der Waals surface area (Å²) in [4.78, 5) is 16.3. The summed E-state index contributed by atoms with van der Waals surface area (Å²) in [5, 5.41) is 3.80. The number of benzene rings is 3. The number of ether oxygens (including phenoxy) is 1. The van der Waals surface area contributed by atoms with E-state index in [4.69, 9.17) is 20.8 Å². The standard InChI is InChI=1S/C32H31ClN2O3/c33-28-9-5-10-29(20-28)35-32-34-21-30(38-32)27-18-16-26(17-19-27)25-14-12-23(13-15-25)8-4-11-31(36)37-22-24-6-2-1-3-7-24/h1-7,9-11,16-21,23,25H,8,12-15,22H2,(H,34,35). The molecule has 0 unspecified atom stereocenters. The highest BCUT2D eigenvalue weighted by atomic mass is 35.5. The molecule has 4 aromatic rings. The molecular weight excluding hydrogens is 496 g/mol. The van der Waals surface area contributed by atoms with Crippen molar-refractivity contribution in [1.29, 1.82) is 0 Å². The van der Waals surface area contributed by atoms with Gasteiger partial charge < -0.3 is 14.5 Å². The van der Waals surface area contributed by atoms with Crippen LogP contribution >= 0.6 is 11.6 Å². The third-order valence-corrected chi connectivity index (χ3v) is 7.28. The van der Waals surface area contributed by atoms with Crippen LogP contribution < -0.4 is 5.32 Å². The van der Waals surface area contributed by atoms with Crippen molar-refractivity contribution in [2.75, 3.05) is 5.32 Å². The molecule has 6 heteroatoms. The van der Waals surface area contributed by atoms with Gasteiger partial charge in [-0.25, -0.2) is 9.78 Å². The Balaban J connectivity index is 1.07. The number of aromatic nitrogens is 1. The number of nitrogens with one attached hydrogen (secondary N) is 1. The fourth-order valence-corrected chi connectivity index (χ4v) is 5.13. The van der Waals surface area contributed by atoms with Crippen LogP contribution in [0.25, 0.3) is 11.3 Å². The van der Waals surface area contributed by atoms with Crippen LogP contribution in [0.5, 0.6) is 0 Å². The van der Waals surface area contributed by atoms with E-state index in [9.17, 15) is 4.79 Å². The molecule has 0 amide bonds. The van der Waals surface area contributed by atoms with Gasteiger partial charge in [0.15, 0.2) is 5.76 Å². The minimum atomic E-state index is -0.276. The summed E-state index contributed by atoms with van der Waals surface area (Å²) in [6.07, 6.45) is 10.8. The first-order valence-corrected chi connectivity index (χ1v) is 13.5. The lowest BCUT2D eigenvalue weighted by Crippen LogP contribution is -2.13. The molecule has 0 radical (unpaired) electrons. The summed E-state index contributed by atoms with van der Waals surface area (Å²) >= 11 is 6.05. The number of carbonyl (C=O) groups excluding carboxylic acids is 1. The highest BCUT2D eigenvalue weighted by Crippen LogP contribution is 2.38. The molecule has 1 heterocycles. The number of hydrogen-bond acceptors (Lipinski definition) is 5. The van der Waals surface area contributed by atoms with Crippen LogP contribution in [0.4, 0.5) is 11.7 Å². The number of hydrogen-bond donors (Lipinski definition) is 1. The minimum Gasteiger partial charge on any atom is -0.458 e. The van der Waals surface area contributed by atoms with E-state index < -0.39 is 0 Å². The highest BCUT2D eigenvalue weighted by molar-refractivity contribution is 6.30. The number of oxazole rings is 1. The number of carbonyl (C=O) groups is 1. The van der Waals surface area contributed by atoms with E-state index in [0.29, 0.717) is 29.5 Å². The van der Waals surface area contributed by atoms with Crippen LogP contribution in [-0.4, -0.2) is 11.0 Å². The van der Waals surface area contributed by atoms with Gasteiger partial charge in [-0.2, -0.15) is 0 Å². The normalized spacial score (nSPS) is 17.4. The third kappa shape index (κ3) is 7.14. The molecule has 0 aliphatic heterocycles. The molecule has 1 fully saturated rings. The second-order valence-electron chi connectivity index (χ2n) is 9.74. The molecule has 38 heavy (non-hydrogen) atoms. The van der Waals surface area contributed by atoms with E-state index in [1.807, 2.05) is 60.7 Å². The van der Waals surface area contributed by atoms with E-state index in [1.54, 1.807) is 12.3 Å². The molecule has 5 rings (SSSR count). The van der Waals surface area contributed by atoms with Crippen LogP contribution in [0.15, 0.2) is 102 Å². The molecule has 1 aromatic heterocycles. The monoisotopic (exact) mass is 526 g/mol. The fraction of sp³-hybridized carbons (Fsp3) is 0.250. The molecule has 194 valence electrons. The van der Waals surface area contributed by atoms with Crippen molar-refractivity contribution in [2.45, 2.75) is 44.6 Å². The number of esters is 1. The second-order valence-corrected chi connectivity index (χ2v) is 10.2. The molecule has 3 aromatic carbocycles. The molecular formula is C32H31ClN2O3. The molecule has 1 aliphatic carbocycles. The summed E-state index contributed by atoms with van der Waals surface area (Å²) in [5.41, 5.74) is 4.19. The van der Waals surface area contributed by atoms with E-state index in [2.05, 4.69) is 34.6 Å². The van der Waals surface area contributed by atoms with Gasteiger partial charge in [0.2, 0.25) is 0 Å². The third-order valence-electron chi connectivity index (χ3n) is 7.04. The van der Waals surface area contributed by atoms with Gasteiger partial charge in [0.1, 0.15) is 6.61 Å². The number of nitrogens with zero attached hydrogens (tertiary/aromatic N) is 1. The van der Waals surface area contributed by atoms with Crippen molar-refractivity contribution < 1.29 is 13.9 Å². The summed E-state index contributed by atoms with van der Waals surface area (Å²) in [7, 11) is 0. The number of halogens is 1. The predicted octanol–water partition coefficient (Wildman–Crippen LogP) is 8.70. The SMILES string of the molecule is O=C(C=CCC1CCC(c2ccc(-c3cnc(Nc4cccc(Cl)c4)o3)cc2)CC1)OCc1ccccc1. The Bertz CT molecular complexity index is 1360. The predicted molar refractivity (Wildman–Crippen MR) is 151 cm³/mol. The average Bonchev–Trinajstić information content (AvgIpc) is 3.41. The van der Waals surface area contributed by atoms with Gasteiger partial charge in [0, 0.05) is 22.3 Å². The zero-order valence-corrected chi connectivity index (χ0v) is 21.9. The topological polar surface area (TPSA) is 64.4 Å². The van der Waals surface area contributed by atoms with Crippen LogP contribution in [0.3, 0.4) is 0 Å². The van der Waals surface area contributed by atoms with Crippen molar-refractivity contribution in [3.8, 4) is 11.3 Å². The lowest BCUT2D eigenvalue weighted by molar-refractivity contribution is -0.139. The fourth-order valence-electron chi connectivity index (χ4n) is 4.94. The Labute approximate surface area is 228 Å². The maximum Gasteiger partial charge on any atom is 0.330 e. The van der Waals surface area contributed by atoms with Crippen LogP contribution in [0.2, 0.25) is 5.02 Å². The van der Waals surface area contributed by atoms with E-state index in [0.717, 1.165) is 54.7 Å². The van der Waals surface area contributed by atoms with E-state index in [1.165, 1.54) is 5.56 Å². The number of allylic oxidation sites excluding steroid dienone is 1. The van der Waals surface area contributed by atoms with Gasteiger partial charge >= 0.3 is 5.97 Å². The lowest BCUT2D eigenvalue weighted by Gasteiger charge is -2.28. The molecule has 0 bridgehead atoms. The highest BCUT2D eigenvalue weighted by Gasteiger charge is 2.22. The zero-order chi connectivity index (χ0) is 26.2. The van der Waals surface area contributed by atoms with Gasteiger partial charge in [-0.1, -0.05) is 78.3 Å². The summed E-state index contributed by atoms with van der Waals surface area (Å²) in [6, 6.07) is 26.2. The van der Waals surface area contributed by atoms with Crippen molar-refractivity contribution in [3.05, 3.63) is 113 Å². The van der Waals surface area contributed by atoms with Gasteiger partial charge in [0.05, 0.1) is 6.20 Å². The van der Waals surface area contributed by atoms with Crippen molar-refractivity contribution >= 4 is 29.3 Å². The quantitative estimate of drug-likeness (QED) is 0.174. The molecule has 0 atom stereocenters. The Morgan fingerprint density at radius 1 is 1.00 bits per heavy atom. The van der Waals surface area contributed by atoms with Crippen molar-refractivity contribution in [3.63, 3.8) is 0 Å². The Morgan fingerprint density at radius 3 is 2.55 bits per heavy atom. The number of rotatable bonds is 9. The molecule has 0 saturated heterocycles. The Kier molecular flexibility index (Phi) is 8.56. The Morgan fingerprint density at radius 2 is 1.79 bits per heavy atom. The number of anilines is 2. The molecule has 0 spiro atoms. The van der Waals surface area contributed by atoms with Gasteiger partial charge in [0.25, 0.3) is 6.01 Å². The molecule has 1 N–H and O–H groups in total. The summed E-state index contributed by atoms with van der Waals surface area (Å²) < 4.78 is 11.2.